The number of hydrogen-bond acceptors (Lipinski definition) is 7. The van der Waals surface area contributed by atoms with E-state index < -0.39 is 51.2 Å². The van der Waals surface area contributed by atoms with Gasteiger partial charge in [0, 0.05) is 11.4 Å². The molecule has 0 aromatic heterocycles. The van der Waals surface area contributed by atoms with Crippen LogP contribution in [0.4, 0.5) is 5.69 Å². The summed E-state index contributed by atoms with van der Waals surface area (Å²) in [7, 11) is 0. The van der Waals surface area contributed by atoms with Crippen molar-refractivity contribution in [1.82, 2.24) is 10.2 Å². The Kier molecular flexibility index (Phi) is 8.14. The molecular weight excluding hydrogens is 549 g/mol. The van der Waals surface area contributed by atoms with Crippen LogP contribution >= 0.6 is 46.6 Å². The van der Waals surface area contributed by atoms with Gasteiger partial charge in [-0.3, -0.25) is 9.59 Å². The van der Waals surface area contributed by atoms with Crippen molar-refractivity contribution in [3.8, 4) is 5.75 Å². The van der Waals surface area contributed by atoms with Crippen molar-refractivity contribution in [2.45, 2.75) is 33.7 Å². The quantitative estimate of drug-likeness (QED) is 0.283. The Balaban J connectivity index is 1.47. The molecule has 2 heterocycles. The fraction of sp³-hybridized carbons (Fsp3) is 0.375. The molecule has 0 spiro atoms. The molecule has 4 atom stereocenters. The third kappa shape index (κ3) is 6.14. The molecule has 0 aliphatic carbocycles. The second-order valence-corrected chi connectivity index (χ2v) is 12.2. The molecule has 8 nitrogen and oxygen atoms in total. The number of ether oxygens (including phenoxy) is 2. The predicted octanol–water partition coefficient (Wildman–Crippen LogP) is 3.62. The minimum Gasteiger partial charge on any atom is -0.484 e. The monoisotopic (exact) mass is 571 g/mol. The molecule has 0 radical (unpaired) electrons. The molecule has 192 valence electrons. The van der Waals surface area contributed by atoms with Gasteiger partial charge in [0.2, 0.25) is 9.70 Å². The van der Waals surface area contributed by atoms with Gasteiger partial charge in [-0.2, -0.15) is 0 Å². The highest BCUT2D eigenvalue weighted by molar-refractivity contribution is 8.00. The van der Waals surface area contributed by atoms with Crippen LogP contribution in [0.3, 0.4) is 0 Å². The summed E-state index contributed by atoms with van der Waals surface area (Å²) >= 11 is 18.8. The third-order valence-electron chi connectivity index (χ3n) is 5.75. The molecule has 2 aliphatic rings. The first kappa shape index (κ1) is 26.7. The van der Waals surface area contributed by atoms with Crippen molar-refractivity contribution in [1.29, 1.82) is 0 Å². The molecule has 2 aromatic rings. The second kappa shape index (κ2) is 11.0. The number of anilines is 1. The van der Waals surface area contributed by atoms with Gasteiger partial charge >= 0.3 is 5.97 Å². The number of thioether (sulfide) groups is 1. The Labute approximate surface area is 227 Å². The van der Waals surface area contributed by atoms with Crippen LogP contribution in [0.15, 0.2) is 60.7 Å². The first-order chi connectivity index (χ1) is 17.1. The second-order valence-electron chi connectivity index (χ2n) is 8.63. The summed E-state index contributed by atoms with van der Waals surface area (Å²) < 4.78 is 8.97. The summed E-state index contributed by atoms with van der Waals surface area (Å²) in [6.07, 6.45) is 0. The number of benzene rings is 2. The summed E-state index contributed by atoms with van der Waals surface area (Å²) in [6.45, 7) is 1.12. The number of hydrogen-bond donors (Lipinski definition) is 2. The maximum Gasteiger partial charge on any atom is 0.331 e. The summed E-state index contributed by atoms with van der Waals surface area (Å²) in [5.41, 5.74) is -0.122. The molecule has 2 N–H and O–H groups in total. The number of halogens is 3. The number of carbonyl (C=O) groups is 3. The van der Waals surface area contributed by atoms with E-state index in [0.29, 0.717) is 11.5 Å². The lowest BCUT2D eigenvalue weighted by Gasteiger charge is -2.58. The minimum absolute atomic E-state index is 0.243. The number of esters is 1. The Morgan fingerprint density at radius 3 is 2.39 bits per heavy atom. The molecule has 3 unspecified atom stereocenters. The van der Waals surface area contributed by atoms with Crippen molar-refractivity contribution >= 4 is 70.0 Å². The van der Waals surface area contributed by atoms with Gasteiger partial charge in [0.05, 0.1) is 5.54 Å². The average molecular weight is 573 g/mol. The maximum absolute atomic E-state index is 13.2. The zero-order valence-corrected chi connectivity index (χ0v) is 22.2. The van der Waals surface area contributed by atoms with Crippen LogP contribution < -0.4 is 15.4 Å². The van der Waals surface area contributed by atoms with Crippen molar-refractivity contribution in [2.75, 3.05) is 24.3 Å². The summed E-state index contributed by atoms with van der Waals surface area (Å²) in [5, 5.41) is 5.62. The van der Waals surface area contributed by atoms with Gasteiger partial charge in [-0.05, 0) is 31.2 Å². The van der Waals surface area contributed by atoms with Crippen LogP contribution in [0.2, 0.25) is 0 Å². The Morgan fingerprint density at radius 2 is 1.75 bits per heavy atom. The van der Waals surface area contributed by atoms with E-state index in [1.807, 2.05) is 43.3 Å². The van der Waals surface area contributed by atoms with E-state index in [9.17, 15) is 14.4 Å². The van der Waals surface area contributed by atoms with Crippen LogP contribution in [0.1, 0.15) is 6.92 Å². The molecule has 2 aliphatic heterocycles. The van der Waals surface area contributed by atoms with Crippen LogP contribution in [0.5, 0.6) is 5.75 Å². The fourth-order valence-electron chi connectivity index (χ4n) is 4.16. The largest absolute Gasteiger partial charge is 0.484 e. The van der Waals surface area contributed by atoms with Crippen LogP contribution in [0, 0.1) is 0 Å². The molecular formula is C24H24Cl3N3O5S. The number of carbonyl (C=O) groups excluding carboxylic acids is 3. The SMILES string of the molecule is CC1(Nc2ccccc2)CS[C@@H]2C(NC(=O)COc3ccccc3)C(=O)N2C1C(=O)OCC(Cl)(Cl)Cl. The Hall–Kier alpha value is -2.33. The molecule has 36 heavy (non-hydrogen) atoms. The highest BCUT2D eigenvalue weighted by atomic mass is 35.6. The highest BCUT2D eigenvalue weighted by Gasteiger charge is 2.62. The lowest BCUT2D eigenvalue weighted by molar-refractivity contribution is -0.168. The Bertz CT molecular complexity index is 1110. The molecule has 2 fully saturated rings. The molecule has 0 saturated carbocycles. The topological polar surface area (TPSA) is 97.0 Å². The molecule has 4 rings (SSSR count). The van der Waals surface area contributed by atoms with Gasteiger partial charge in [0.25, 0.3) is 5.91 Å². The standard InChI is InChI=1S/C24H24Cl3N3O5S/c1-23(29-15-8-4-2-5-9-15)14-36-21-18(28-17(31)12-34-16-10-6-3-7-11-16)20(32)30(21)19(23)22(33)35-13-24(25,26)27/h2-11,18-19,21,29H,12-14H2,1H3,(H,28,31)/t18?,19?,21-,23?/m1/s1. The van der Waals surface area contributed by atoms with Crippen molar-refractivity contribution in [3.63, 3.8) is 0 Å². The number of fused-ring (bicyclic) bond motifs is 1. The number of β-lactam (4-membered cyclic amide) rings is 1. The summed E-state index contributed by atoms with van der Waals surface area (Å²) in [6, 6.07) is 16.4. The van der Waals surface area contributed by atoms with E-state index in [-0.39, 0.29) is 6.61 Å². The average Bonchev–Trinajstić information content (AvgIpc) is 2.85. The van der Waals surface area contributed by atoms with E-state index >= 15 is 0 Å². The lowest BCUT2D eigenvalue weighted by Crippen LogP contribution is -2.80. The molecule has 2 amide bonds. The molecule has 2 saturated heterocycles. The van der Waals surface area contributed by atoms with Gasteiger partial charge in [0.15, 0.2) is 12.6 Å². The first-order valence-corrected chi connectivity index (χ1v) is 13.2. The van der Waals surface area contributed by atoms with Gasteiger partial charge in [0.1, 0.15) is 23.8 Å². The lowest BCUT2D eigenvalue weighted by atomic mass is 9.87. The number of rotatable bonds is 8. The zero-order chi connectivity index (χ0) is 25.9. The van der Waals surface area contributed by atoms with Gasteiger partial charge in [-0.25, -0.2) is 4.79 Å². The highest BCUT2D eigenvalue weighted by Crippen LogP contribution is 2.44. The minimum atomic E-state index is -1.80. The van der Waals surface area contributed by atoms with E-state index in [1.165, 1.54) is 16.7 Å². The summed E-state index contributed by atoms with van der Waals surface area (Å²) in [5.74, 6) is -0.568. The van der Waals surface area contributed by atoms with Gasteiger partial charge < -0.3 is 25.0 Å². The smallest absolute Gasteiger partial charge is 0.331 e. The van der Waals surface area contributed by atoms with Gasteiger partial charge in [-0.15, -0.1) is 11.8 Å². The van der Waals surface area contributed by atoms with Crippen molar-refractivity contribution in [3.05, 3.63) is 60.7 Å². The normalized spacial score (nSPS) is 25.3. The van der Waals surface area contributed by atoms with Crippen LogP contribution in [-0.2, 0) is 19.1 Å². The number of amides is 2. The van der Waals surface area contributed by atoms with E-state index in [4.69, 9.17) is 44.3 Å². The van der Waals surface area contributed by atoms with E-state index in [0.717, 1.165) is 5.69 Å². The van der Waals surface area contributed by atoms with Gasteiger partial charge in [-0.1, -0.05) is 71.2 Å². The van der Waals surface area contributed by atoms with Crippen LogP contribution in [0.25, 0.3) is 0 Å². The fourth-order valence-corrected chi connectivity index (χ4v) is 5.83. The van der Waals surface area contributed by atoms with Crippen molar-refractivity contribution < 1.29 is 23.9 Å². The molecule has 0 bridgehead atoms. The van der Waals surface area contributed by atoms with Crippen LogP contribution in [-0.4, -0.2) is 68.4 Å². The van der Waals surface area contributed by atoms with E-state index in [2.05, 4.69) is 10.6 Å². The number of nitrogens with zero attached hydrogens (tertiary/aromatic N) is 1. The predicted molar refractivity (Wildman–Crippen MR) is 140 cm³/mol. The number of nitrogens with one attached hydrogen (secondary N) is 2. The van der Waals surface area contributed by atoms with Crippen molar-refractivity contribution in [2.24, 2.45) is 0 Å². The first-order valence-electron chi connectivity index (χ1n) is 11.0. The van der Waals surface area contributed by atoms with E-state index in [1.54, 1.807) is 24.3 Å². The summed E-state index contributed by atoms with van der Waals surface area (Å²) in [4.78, 5) is 40.3. The Morgan fingerprint density at radius 1 is 1.11 bits per heavy atom. The molecule has 2 aromatic carbocycles. The third-order valence-corrected chi connectivity index (χ3v) is 7.68. The number of alkyl halides is 3. The maximum atomic E-state index is 13.2. The molecule has 12 heteroatoms. The number of para-hydroxylation sites is 2. The zero-order valence-electron chi connectivity index (χ0n) is 19.2.